The van der Waals surface area contributed by atoms with Gasteiger partial charge in [0.05, 0.1) is 10.6 Å². The number of halogens is 2. The summed E-state index contributed by atoms with van der Waals surface area (Å²) >= 11 is 12.4. The van der Waals surface area contributed by atoms with Gasteiger partial charge >= 0.3 is 0 Å². The van der Waals surface area contributed by atoms with Gasteiger partial charge in [0.2, 0.25) is 11.8 Å². The van der Waals surface area contributed by atoms with E-state index in [-0.39, 0.29) is 35.5 Å². The molecular weight excluding hydrogens is 617 g/mol. The van der Waals surface area contributed by atoms with Crippen molar-refractivity contribution in [1.82, 2.24) is 10.2 Å². The molecule has 0 saturated carbocycles. The Morgan fingerprint density at radius 3 is 2.05 bits per heavy atom. The van der Waals surface area contributed by atoms with Gasteiger partial charge in [-0.2, -0.15) is 0 Å². The summed E-state index contributed by atoms with van der Waals surface area (Å²) in [6.07, 6.45) is 0.220. The van der Waals surface area contributed by atoms with E-state index in [0.29, 0.717) is 15.6 Å². The van der Waals surface area contributed by atoms with Crippen LogP contribution in [-0.4, -0.2) is 43.8 Å². The lowest BCUT2D eigenvalue weighted by Crippen LogP contribution is -2.54. The first-order chi connectivity index (χ1) is 20.9. The number of aryl methyl sites for hydroxylation is 1. The van der Waals surface area contributed by atoms with Gasteiger partial charge in [-0.15, -0.1) is 0 Å². The molecule has 1 N–H and O–H groups in total. The van der Waals surface area contributed by atoms with Gasteiger partial charge in [0.1, 0.15) is 12.6 Å². The van der Waals surface area contributed by atoms with Crippen LogP contribution in [0.4, 0.5) is 5.69 Å². The number of carbonyl (C=O) groups is 2. The Labute approximate surface area is 269 Å². The molecule has 0 spiro atoms. The summed E-state index contributed by atoms with van der Waals surface area (Å²) in [5.74, 6) is -0.908. The highest BCUT2D eigenvalue weighted by molar-refractivity contribution is 7.92. The number of benzene rings is 4. The molecule has 7 nitrogen and oxygen atoms in total. The number of amides is 2. The van der Waals surface area contributed by atoms with E-state index in [2.05, 4.69) is 5.32 Å². The molecule has 0 fully saturated rings. The fourth-order valence-corrected chi connectivity index (χ4v) is 6.49. The molecule has 4 aromatic rings. The molecule has 4 rings (SSSR count). The summed E-state index contributed by atoms with van der Waals surface area (Å²) in [6.45, 7) is 5.02. The topological polar surface area (TPSA) is 86.8 Å². The summed E-state index contributed by atoms with van der Waals surface area (Å²) in [5, 5.41) is 3.84. The van der Waals surface area contributed by atoms with E-state index in [9.17, 15) is 18.0 Å². The molecule has 10 heteroatoms. The Balaban J connectivity index is 1.80. The van der Waals surface area contributed by atoms with Crippen LogP contribution in [0.3, 0.4) is 0 Å². The van der Waals surface area contributed by atoms with Crippen molar-refractivity contribution in [2.45, 2.75) is 50.7 Å². The molecule has 2 amide bonds. The molecule has 0 aliphatic rings. The van der Waals surface area contributed by atoms with E-state index in [0.717, 1.165) is 15.4 Å². The van der Waals surface area contributed by atoms with Crippen LogP contribution in [0.25, 0.3) is 0 Å². The summed E-state index contributed by atoms with van der Waals surface area (Å²) in [7, 11) is -4.19. The van der Waals surface area contributed by atoms with Crippen molar-refractivity contribution >= 4 is 50.7 Å². The first-order valence-corrected chi connectivity index (χ1v) is 16.4. The van der Waals surface area contributed by atoms with E-state index in [4.69, 9.17) is 23.2 Å². The van der Waals surface area contributed by atoms with Crippen LogP contribution in [0.15, 0.2) is 108 Å². The van der Waals surface area contributed by atoms with Crippen LogP contribution in [0.1, 0.15) is 30.5 Å². The number of sulfonamides is 1. The fourth-order valence-electron chi connectivity index (χ4n) is 4.74. The average Bonchev–Trinajstić information content (AvgIpc) is 2.98. The fraction of sp³-hybridized carbons (Fsp3) is 0.235. The van der Waals surface area contributed by atoms with Crippen molar-refractivity contribution in [2.75, 3.05) is 10.8 Å². The Bertz CT molecular complexity index is 1680. The molecule has 0 aliphatic heterocycles. The van der Waals surface area contributed by atoms with Gasteiger partial charge in [-0.25, -0.2) is 8.42 Å². The van der Waals surface area contributed by atoms with E-state index in [1.165, 1.54) is 17.0 Å². The molecule has 0 saturated heterocycles. The van der Waals surface area contributed by atoms with E-state index in [1.807, 2.05) is 57.2 Å². The summed E-state index contributed by atoms with van der Waals surface area (Å²) < 4.78 is 29.2. The van der Waals surface area contributed by atoms with Crippen LogP contribution < -0.4 is 9.62 Å². The van der Waals surface area contributed by atoms with Crippen molar-refractivity contribution in [3.05, 3.63) is 130 Å². The number of anilines is 1. The number of nitrogens with one attached hydrogen (secondary N) is 1. The molecule has 0 aliphatic carbocycles. The Hall–Kier alpha value is -3.85. The highest BCUT2D eigenvalue weighted by Crippen LogP contribution is 2.27. The monoisotopic (exact) mass is 651 g/mol. The number of hydrogen-bond acceptors (Lipinski definition) is 4. The third kappa shape index (κ3) is 8.62. The molecule has 4 aromatic carbocycles. The summed E-state index contributed by atoms with van der Waals surface area (Å²) in [6, 6.07) is 27.9. The first kappa shape index (κ1) is 33.1. The van der Waals surface area contributed by atoms with Crippen molar-refractivity contribution in [3.8, 4) is 0 Å². The lowest BCUT2D eigenvalue weighted by Gasteiger charge is -2.34. The lowest BCUT2D eigenvalue weighted by atomic mass is 10.0. The van der Waals surface area contributed by atoms with Crippen molar-refractivity contribution in [3.63, 3.8) is 0 Å². The van der Waals surface area contributed by atoms with Crippen LogP contribution >= 0.6 is 23.2 Å². The smallest absolute Gasteiger partial charge is 0.264 e. The molecule has 1 atom stereocenters. The summed E-state index contributed by atoms with van der Waals surface area (Å²) in [4.78, 5) is 29.6. The number of rotatable bonds is 12. The Morgan fingerprint density at radius 1 is 0.795 bits per heavy atom. The van der Waals surface area contributed by atoms with Crippen LogP contribution in [0, 0.1) is 6.92 Å². The van der Waals surface area contributed by atoms with E-state index < -0.39 is 28.5 Å². The maximum Gasteiger partial charge on any atom is 0.264 e. The maximum absolute atomic E-state index is 14.4. The zero-order valence-corrected chi connectivity index (χ0v) is 27.1. The zero-order chi connectivity index (χ0) is 31.9. The minimum Gasteiger partial charge on any atom is -0.352 e. The van der Waals surface area contributed by atoms with Gasteiger partial charge in [0.25, 0.3) is 10.0 Å². The van der Waals surface area contributed by atoms with Gasteiger partial charge in [-0.05, 0) is 80.4 Å². The summed E-state index contributed by atoms with van der Waals surface area (Å²) in [5.41, 5.74) is 2.70. The minimum atomic E-state index is -4.19. The van der Waals surface area contributed by atoms with Gasteiger partial charge in [-0.1, -0.05) is 83.4 Å². The lowest BCUT2D eigenvalue weighted by molar-refractivity contribution is -0.140. The number of hydrogen-bond donors (Lipinski definition) is 1. The third-order valence-corrected chi connectivity index (χ3v) is 9.22. The van der Waals surface area contributed by atoms with Gasteiger partial charge in [0.15, 0.2) is 0 Å². The Kier molecular flexibility index (Phi) is 11.1. The Morgan fingerprint density at radius 2 is 1.43 bits per heavy atom. The van der Waals surface area contributed by atoms with Crippen molar-refractivity contribution in [2.24, 2.45) is 0 Å². The zero-order valence-electron chi connectivity index (χ0n) is 24.8. The van der Waals surface area contributed by atoms with Crippen LogP contribution in [-0.2, 0) is 32.6 Å². The largest absolute Gasteiger partial charge is 0.352 e. The van der Waals surface area contributed by atoms with Crippen molar-refractivity contribution < 1.29 is 18.0 Å². The predicted molar refractivity (Wildman–Crippen MR) is 176 cm³/mol. The number of nitrogens with zero attached hydrogens (tertiary/aromatic N) is 2. The molecule has 0 heterocycles. The highest BCUT2D eigenvalue weighted by atomic mass is 35.5. The van der Waals surface area contributed by atoms with Crippen LogP contribution in [0.2, 0.25) is 10.0 Å². The second-order valence-electron chi connectivity index (χ2n) is 10.8. The van der Waals surface area contributed by atoms with E-state index >= 15 is 0 Å². The minimum absolute atomic E-state index is 0.0292. The molecule has 44 heavy (non-hydrogen) atoms. The van der Waals surface area contributed by atoms with Crippen LogP contribution in [0.5, 0.6) is 0 Å². The van der Waals surface area contributed by atoms with E-state index in [1.54, 1.807) is 54.6 Å². The maximum atomic E-state index is 14.4. The molecule has 0 radical (unpaired) electrons. The molecule has 0 unspecified atom stereocenters. The van der Waals surface area contributed by atoms with Gasteiger partial charge in [-0.3, -0.25) is 13.9 Å². The quantitative estimate of drug-likeness (QED) is 0.186. The second kappa shape index (κ2) is 14.8. The molecule has 0 bridgehead atoms. The average molecular weight is 653 g/mol. The first-order valence-electron chi connectivity index (χ1n) is 14.2. The van der Waals surface area contributed by atoms with Crippen molar-refractivity contribution in [1.29, 1.82) is 0 Å². The molecule has 230 valence electrons. The molecule has 0 aromatic heterocycles. The third-order valence-electron chi connectivity index (χ3n) is 6.95. The SMILES string of the molecule is Cc1ccc(S(=O)(=O)N(CC(=O)N(Cc2cccc(Cl)c2)[C@@H](Cc2ccccc2)C(=O)NC(C)C)c2ccc(Cl)cc2)cc1. The molecular formula is C34H35Cl2N3O4S. The second-order valence-corrected chi connectivity index (χ2v) is 13.6. The predicted octanol–water partition coefficient (Wildman–Crippen LogP) is 6.66. The van der Waals surface area contributed by atoms with Gasteiger partial charge in [0, 0.05) is 29.1 Å². The normalized spacial score (nSPS) is 12.0. The standard InChI is InChI=1S/C34H35Cl2N3O4S/c1-24(2)37-34(41)32(21-26-8-5-4-6-9-26)38(22-27-10-7-11-29(36)20-27)33(40)23-39(30-16-14-28(35)15-17-30)44(42,43)31-18-12-25(3)13-19-31/h4-20,24,32H,21-23H2,1-3H3,(H,37,41)/t32-/m0/s1. The highest BCUT2D eigenvalue weighted by Gasteiger charge is 2.34. The number of carbonyl (C=O) groups excluding carboxylic acids is 2. The van der Waals surface area contributed by atoms with Gasteiger partial charge < -0.3 is 10.2 Å².